The lowest BCUT2D eigenvalue weighted by Gasteiger charge is -2.09. The molecule has 0 spiro atoms. The van der Waals surface area contributed by atoms with Gasteiger partial charge in [0.25, 0.3) is 0 Å². The normalized spacial score (nSPS) is 9.38. The maximum Gasteiger partial charge on any atom is 0.0180 e. The van der Waals surface area contributed by atoms with E-state index in [0.717, 1.165) is 0 Å². The van der Waals surface area contributed by atoms with Crippen LogP contribution in [0.25, 0.3) is 0 Å². The van der Waals surface area contributed by atoms with Crippen LogP contribution in [0.2, 0.25) is 0 Å². The van der Waals surface area contributed by atoms with E-state index in [1.807, 2.05) is 19.9 Å². The van der Waals surface area contributed by atoms with Gasteiger partial charge < -0.3 is 5.73 Å². The Bertz CT molecular complexity index is 228. The summed E-state index contributed by atoms with van der Waals surface area (Å²) in [5.41, 5.74) is 8.23. The zero-order valence-corrected chi connectivity index (χ0v) is 9.17. The summed E-state index contributed by atoms with van der Waals surface area (Å²) in [5.74, 6) is 0.578. The van der Waals surface area contributed by atoms with Gasteiger partial charge in [0, 0.05) is 6.54 Å². The number of hydrogen-bond donors (Lipinski definition) is 1. The zero-order valence-electron chi connectivity index (χ0n) is 9.17. The quantitative estimate of drug-likeness (QED) is 0.740. The molecule has 0 amide bonds. The summed E-state index contributed by atoms with van der Waals surface area (Å²) in [6.07, 6.45) is 0. The molecule has 0 aromatic heterocycles. The molecule has 0 fully saturated rings. The van der Waals surface area contributed by atoms with E-state index >= 15 is 0 Å². The van der Waals surface area contributed by atoms with Gasteiger partial charge >= 0.3 is 0 Å². The van der Waals surface area contributed by atoms with Crippen LogP contribution in [0.1, 0.15) is 44.7 Å². The van der Waals surface area contributed by atoms with Crippen molar-refractivity contribution in [1.29, 1.82) is 0 Å². The van der Waals surface area contributed by atoms with Crippen LogP contribution in [0.3, 0.4) is 0 Å². The highest BCUT2D eigenvalue weighted by atomic mass is 14.5. The molecule has 0 saturated heterocycles. The number of hydrogen-bond acceptors (Lipinski definition) is 1. The maximum atomic E-state index is 5.59. The Morgan fingerprint density at radius 2 is 1.69 bits per heavy atom. The summed E-state index contributed by atoms with van der Waals surface area (Å²) in [6.45, 7) is 9.03. The average Bonchev–Trinajstić information content (AvgIpc) is 2.20. The summed E-state index contributed by atoms with van der Waals surface area (Å²) in [5, 5.41) is 0. The van der Waals surface area contributed by atoms with Gasteiger partial charge in [-0.1, -0.05) is 52.0 Å². The summed E-state index contributed by atoms with van der Waals surface area (Å²) < 4.78 is 0. The first-order valence-corrected chi connectivity index (χ1v) is 5.03. The highest BCUT2D eigenvalue weighted by Crippen LogP contribution is 2.17. The minimum Gasteiger partial charge on any atom is -0.326 e. The van der Waals surface area contributed by atoms with Crippen molar-refractivity contribution in [3.63, 3.8) is 0 Å². The van der Waals surface area contributed by atoms with Crippen LogP contribution in [0, 0.1) is 0 Å². The van der Waals surface area contributed by atoms with Crippen LogP contribution in [0.4, 0.5) is 0 Å². The van der Waals surface area contributed by atoms with E-state index in [-0.39, 0.29) is 0 Å². The van der Waals surface area contributed by atoms with Crippen molar-refractivity contribution in [3.05, 3.63) is 35.4 Å². The monoisotopic (exact) mass is 179 g/mol. The van der Waals surface area contributed by atoms with Gasteiger partial charge in [-0.2, -0.15) is 0 Å². The Morgan fingerprint density at radius 3 is 2.08 bits per heavy atom. The Labute approximate surface area is 82.0 Å². The molecule has 1 nitrogen and oxygen atoms in total. The largest absolute Gasteiger partial charge is 0.326 e. The highest BCUT2D eigenvalue weighted by Gasteiger charge is 2.02. The zero-order chi connectivity index (χ0) is 10.3. The fourth-order valence-electron chi connectivity index (χ4n) is 1.28. The van der Waals surface area contributed by atoms with Gasteiger partial charge in [0.2, 0.25) is 0 Å². The van der Waals surface area contributed by atoms with Gasteiger partial charge in [0.1, 0.15) is 0 Å². The molecule has 0 aliphatic rings. The summed E-state index contributed by atoms with van der Waals surface area (Å²) >= 11 is 0. The molecule has 0 aliphatic heterocycles. The fraction of sp³-hybridized carbons (Fsp3) is 0.500. The Hall–Kier alpha value is -0.820. The standard InChI is InChI=1S/C10H15N.C2H6/c1-8(2)10-6-4-3-5-9(10)7-11;1-2/h3-6,8H,7,11H2,1-2H3;1-2H3. The summed E-state index contributed by atoms with van der Waals surface area (Å²) in [7, 11) is 0. The maximum absolute atomic E-state index is 5.59. The van der Waals surface area contributed by atoms with Crippen molar-refractivity contribution >= 4 is 0 Å². The van der Waals surface area contributed by atoms with Crippen molar-refractivity contribution < 1.29 is 0 Å². The third-order valence-corrected chi connectivity index (χ3v) is 1.90. The second kappa shape index (κ2) is 6.67. The predicted molar refractivity (Wildman–Crippen MR) is 59.8 cm³/mol. The minimum atomic E-state index is 0.578. The molecule has 13 heavy (non-hydrogen) atoms. The van der Waals surface area contributed by atoms with E-state index in [2.05, 4.69) is 32.0 Å². The average molecular weight is 179 g/mol. The van der Waals surface area contributed by atoms with Gasteiger partial charge in [0.15, 0.2) is 0 Å². The molecular weight excluding hydrogens is 158 g/mol. The van der Waals surface area contributed by atoms with Crippen molar-refractivity contribution in [1.82, 2.24) is 0 Å². The van der Waals surface area contributed by atoms with Crippen LogP contribution >= 0.6 is 0 Å². The van der Waals surface area contributed by atoms with E-state index in [1.165, 1.54) is 11.1 Å². The van der Waals surface area contributed by atoms with E-state index in [1.54, 1.807) is 0 Å². The third-order valence-electron chi connectivity index (χ3n) is 1.90. The Balaban J connectivity index is 0.000000671. The lowest BCUT2D eigenvalue weighted by atomic mass is 9.97. The van der Waals surface area contributed by atoms with Gasteiger partial charge in [-0.05, 0) is 17.0 Å². The third kappa shape index (κ3) is 3.60. The topological polar surface area (TPSA) is 26.0 Å². The van der Waals surface area contributed by atoms with Gasteiger partial charge in [0.05, 0.1) is 0 Å². The molecule has 0 bridgehead atoms. The SMILES string of the molecule is CC.CC(C)c1ccccc1CN. The molecule has 0 heterocycles. The molecule has 0 saturated carbocycles. The predicted octanol–water partition coefficient (Wildman–Crippen LogP) is 3.29. The number of rotatable bonds is 2. The van der Waals surface area contributed by atoms with Crippen molar-refractivity contribution in [3.8, 4) is 0 Å². The van der Waals surface area contributed by atoms with Crippen molar-refractivity contribution in [2.24, 2.45) is 5.73 Å². The molecular formula is C12H21N. The van der Waals surface area contributed by atoms with Crippen molar-refractivity contribution in [2.45, 2.75) is 40.2 Å². The van der Waals surface area contributed by atoms with Crippen molar-refractivity contribution in [2.75, 3.05) is 0 Å². The second-order valence-electron chi connectivity index (χ2n) is 3.06. The molecule has 2 N–H and O–H groups in total. The van der Waals surface area contributed by atoms with Crippen LogP contribution in [0.15, 0.2) is 24.3 Å². The van der Waals surface area contributed by atoms with E-state index in [4.69, 9.17) is 5.73 Å². The first-order chi connectivity index (χ1) is 6.25. The van der Waals surface area contributed by atoms with Gasteiger partial charge in [-0.15, -0.1) is 0 Å². The Kier molecular flexibility index (Phi) is 6.25. The lowest BCUT2D eigenvalue weighted by Crippen LogP contribution is -2.02. The molecule has 0 aliphatic carbocycles. The molecule has 0 radical (unpaired) electrons. The van der Waals surface area contributed by atoms with Crippen LogP contribution in [-0.4, -0.2) is 0 Å². The van der Waals surface area contributed by atoms with Crippen LogP contribution in [0.5, 0.6) is 0 Å². The number of benzene rings is 1. The first kappa shape index (κ1) is 12.2. The van der Waals surface area contributed by atoms with Crippen LogP contribution < -0.4 is 5.73 Å². The first-order valence-electron chi connectivity index (χ1n) is 5.03. The number of nitrogens with two attached hydrogens (primary N) is 1. The summed E-state index contributed by atoms with van der Waals surface area (Å²) in [6, 6.07) is 8.34. The van der Waals surface area contributed by atoms with Gasteiger partial charge in [-0.25, -0.2) is 0 Å². The van der Waals surface area contributed by atoms with Crippen LogP contribution in [-0.2, 0) is 6.54 Å². The van der Waals surface area contributed by atoms with E-state index in [9.17, 15) is 0 Å². The molecule has 1 aromatic carbocycles. The lowest BCUT2D eigenvalue weighted by molar-refractivity contribution is 0.839. The smallest absolute Gasteiger partial charge is 0.0180 e. The Morgan fingerprint density at radius 1 is 1.15 bits per heavy atom. The fourth-order valence-corrected chi connectivity index (χ4v) is 1.28. The molecule has 0 unspecified atom stereocenters. The minimum absolute atomic E-state index is 0.578. The summed E-state index contributed by atoms with van der Waals surface area (Å²) in [4.78, 5) is 0. The van der Waals surface area contributed by atoms with E-state index < -0.39 is 0 Å². The second-order valence-corrected chi connectivity index (χ2v) is 3.06. The highest BCUT2D eigenvalue weighted by molar-refractivity contribution is 5.29. The molecule has 74 valence electrons. The molecule has 1 rings (SSSR count). The van der Waals surface area contributed by atoms with E-state index in [0.29, 0.717) is 12.5 Å². The van der Waals surface area contributed by atoms with Gasteiger partial charge in [-0.3, -0.25) is 0 Å². The molecule has 1 heteroatoms. The molecule has 1 aromatic rings. The molecule has 0 atom stereocenters.